The zero-order valence-electron chi connectivity index (χ0n) is 13.7. The van der Waals surface area contributed by atoms with Gasteiger partial charge >= 0.3 is 0 Å². The lowest BCUT2D eigenvalue weighted by molar-refractivity contribution is 0.0942. The zero-order chi connectivity index (χ0) is 16.8. The van der Waals surface area contributed by atoms with Crippen LogP contribution in [0.2, 0.25) is 5.02 Å². The van der Waals surface area contributed by atoms with Gasteiger partial charge < -0.3 is 15.4 Å². The summed E-state index contributed by atoms with van der Waals surface area (Å²) in [4.78, 5) is 12.1. The van der Waals surface area contributed by atoms with Gasteiger partial charge in [-0.2, -0.15) is 0 Å². The molecular formula is C16H21Cl2N5O2. The molecular weight excluding hydrogens is 365 g/mol. The summed E-state index contributed by atoms with van der Waals surface area (Å²) in [6.07, 6.45) is 3.71. The number of piperidine rings is 1. The highest BCUT2D eigenvalue weighted by atomic mass is 35.5. The van der Waals surface area contributed by atoms with Crippen molar-refractivity contribution in [2.24, 2.45) is 0 Å². The molecule has 1 fully saturated rings. The Morgan fingerprint density at radius 3 is 2.76 bits per heavy atom. The second kappa shape index (κ2) is 9.60. The van der Waals surface area contributed by atoms with Crippen molar-refractivity contribution in [2.75, 3.05) is 26.2 Å². The Morgan fingerprint density at radius 1 is 1.32 bits per heavy atom. The molecule has 2 heterocycles. The monoisotopic (exact) mass is 385 g/mol. The van der Waals surface area contributed by atoms with Gasteiger partial charge in [0.1, 0.15) is 12.4 Å². The fourth-order valence-electron chi connectivity index (χ4n) is 2.59. The molecule has 0 atom stereocenters. The first-order valence-electron chi connectivity index (χ1n) is 8.01. The predicted molar refractivity (Wildman–Crippen MR) is 97.7 cm³/mol. The Labute approximate surface area is 157 Å². The number of nitrogens with zero attached hydrogens (tertiary/aromatic N) is 3. The van der Waals surface area contributed by atoms with Gasteiger partial charge in [-0.3, -0.25) is 4.79 Å². The van der Waals surface area contributed by atoms with Crippen LogP contribution in [-0.2, 0) is 0 Å². The average molecular weight is 386 g/mol. The van der Waals surface area contributed by atoms with Gasteiger partial charge in [0.05, 0.1) is 18.8 Å². The number of rotatable bonds is 6. The molecule has 1 amide bonds. The maximum absolute atomic E-state index is 12.1. The molecule has 3 rings (SSSR count). The Kier molecular flexibility index (Phi) is 7.49. The van der Waals surface area contributed by atoms with Gasteiger partial charge in [0, 0.05) is 5.02 Å². The third-order valence-corrected chi connectivity index (χ3v) is 4.15. The Hall–Kier alpha value is -1.83. The molecule has 0 unspecified atom stereocenters. The molecule has 9 heteroatoms. The number of halogens is 2. The van der Waals surface area contributed by atoms with E-state index >= 15 is 0 Å². The fraction of sp³-hybridized carbons (Fsp3) is 0.438. The maximum Gasteiger partial charge on any atom is 0.273 e. The van der Waals surface area contributed by atoms with Crippen molar-refractivity contribution in [2.45, 2.75) is 18.9 Å². The number of nitrogens with one attached hydrogen (secondary N) is 2. The van der Waals surface area contributed by atoms with Crippen LogP contribution >= 0.6 is 24.0 Å². The van der Waals surface area contributed by atoms with Crippen LogP contribution < -0.4 is 15.4 Å². The standard InChI is InChI=1S/C16H20ClN5O2.ClH/c17-12-1-3-14(4-2-12)24-10-9-19-16(23)15-11-22(21-20-15)13-5-7-18-8-6-13;/h1-4,11,13,18H,5-10H2,(H,19,23);1H. The van der Waals surface area contributed by atoms with Crippen LogP contribution in [0.15, 0.2) is 30.5 Å². The summed E-state index contributed by atoms with van der Waals surface area (Å²) in [5.74, 6) is 0.473. The predicted octanol–water partition coefficient (Wildman–Crippen LogP) is 2.09. The van der Waals surface area contributed by atoms with Crippen molar-refractivity contribution in [1.82, 2.24) is 25.6 Å². The number of benzene rings is 1. The van der Waals surface area contributed by atoms with Gasteiger partial charge in [-0.05, 0) is 50.2 Å². The maximum atomic E-state index is 12.1. The molecule has 25 heavy (non-hydrogen) atoms. The number of carbonyl (C=O) groups excluding carboxylic acids is 1. The van der Waals surface area contributed by atoms with E-state index in [4.69, 9.17) is 16.3 Å². The number of aromatic nitrogens is 3. The van der Waals surface area contributed by atoms with Crippen LogP contribution in [0.25, 0.3) is 0 Å². The van der Waals surface area contributed by atoms with Crippen molar-refractivity contribution in [3.8, 4) is 5.75 Å². The quantitative estimate of drug-likeness (QED) is 0.744. The highest BCUT2D eigenvalue weighted by molar-refractivity contribution is 6.30. The van der Waals surface area contributed by atoms with E-state index in [9.17, 15) is 4.79 Å². The molecule has 1 aliphatic rings. The lowest BCUT2D eigenvalue weighted by Crippen LogP contribution is -2.30. The van der Waals surface area contributed by atoms with Crippen LogP contribution in [0.4, 0.5) is 0 Å². The van der Waals surface area contributed by atoms with E-state index in [-0.39, 0.29) is 18.3 Å². The minimum Gasteiger partial charge on any atom is -0.492 e. The summed E-state index contributed by atoms with van der Waals surface area (Å²) in [5.41, 5.74) is 0.333. The van der Waals surface area contributed by atoms with E-state index in [1.807, 2.05) is 0 Å². The highest BCUT2D eigenvalue weighted by Crippen LogP contribution is 2.17. The number of ether oxygens (including phenoxy) is 1. The summed E-state index contributed by atoms with van der Waals surface area (Å²) in [6, 6.07) is 7.40. The lowest BCUT2D eigenvalue weighted by atomic mass is 10.1. The van der Waals surface area contributed by atoms with Crippen molar-refractivity contribution in [1.29, 1.82) is 0 Å². The van der Waals surface area contributed by atoms with Gasteiger partial charge in [-0.15, -0.1) is 17.5 Å². The zero-order valence-corrected chi connectivity index (χ0v) is 15.2. The Balaban J connectivity index is 0.00000225. The van der Waals surface area contributed by atoms with Crippen molar-refractivity contribution < 1.29 is 9.53 Å². The second-order valence-electron chi connectivity index (χ2n) is 5.62. The number of hydrogen-bond donors (Lipinski definition) is 2. The molecule has 1 aromatic heterocycles. The van der Waals surface area contributed by atoms with Gasteiger partial charge in [0.2, 0.25) is 0 Å². The van der Waals surface area contributed by atoms with E-state index in [0.717, 1.165) is 25.9 Å². The number of amides is 1. The molecule has 1 aliphatic heterocycles. The van der Waals surface area contributed by atoms with Gasteiger partial charge in [-0.25, -0.2) is 4.68 Å². The lowest BCUT2D eigenvalue weighted by Gasteiger charge is -2.22. The largest absolute Gasteiger partial charge is 0.492 e. The van der Waals surface area contributed by atoms with Gasteiger partial charge in [0.15, 0.2) is 5.69 Å². The first-order valence-corrected chi connectivity index (χ1v) is 8.39. The minimum absolute atomic E-state index is 0. The van der Waals surface area contributed by atoms with E-state index in [0.29, 0.717) is 35.7 Å². The van der Waals surface area contributed by atoms with Crippen LogP contribution in [0.1, 0.15) is 29.4 Å². The number of carbonyl (C=O) groups is 1. The fourth-order valence-corrected chi connectivity index (χ4v) is 2.71. The molecule has 7 nitrogen and oxygen atoms in total. The van der Waals surface area contributed by atoms with Crippen LogP contribution in [-0.4, -0.2) is 47.1 Å². The molecule has 0 aliphatic carbocycles. The summed E-state index contributed by atoms with van der Waals surface area (Å²) in [6.45, 7) is 2.69. The third-order valence-electron chi connectivity index (χ3n) is 3.90. The van der Waals surface area contributed by atoms with E-state index in [1.165, 1.54) is 0 Å². The van der Waals surface area contributed by atoms with Crippen molar-refractivity contribution >= 4 is 29.9 Å². The Bertz CT molecular complexity index is 671. The molecule has 2 aromatic rings. The third kappa shape index (κ3) is 5.59. The molecule has 1 aromatic carbocycles. The van der Waals surface area contributed by atoms with Gasteiger partial charge in [0.25, 0.3) is 5.91 Å². The summed E-state index contributed by atoms with van der Waals surface area (Å²) in [5, 5.41) is 14.8. The summed E-state index contributed by atoms with van der Waals surface area (Å²) >= 11 is 5.81. The first kappa shape index (κ1) is 19.5. The molecule has 0 bridgehead atoms. The molecule has 0 radical (unpaired) electrons. The molecule has 2 N–H and O–H groups in total. The topological polar surface area (TPSA) is 81.1 Å². The molecule has 1 saturated heterocycles. The molecule has 136 valence electrons. The summed E-state index contributed by atoms with van der Waals surface area (Å²) < 4.78 is 7.32. The average Bonchev–Trinajstić information content (AvgIpc) is 3.11. The minimum atomic E-state index is -0.241. The van der Waals surface area contributed by atoms with Crippen molar-refractivity contribution in [3.05, 3.63) is 41.2 Å². The Morgan fingerprint density at radius 2 is 2.04 bits per heavy atom. The SMILES string of the molecule is Cl.O=C(NCCOc1ccc(Cl)cc1)c1cn(C2CCNCC2)nn1. The van der Waals surface area contributed by atoms with E-state index < -0.39 is 0 Å². The second-order valence-corrected chi connectivity index (χ2v) is 6.06. The summed E-state index contributed by atoms with van der Waals surface area (Å²) in [7, 11) is 0. The molecule has 0 saturated carbocycles. The van der Waals surface area contributed by atoms with Crippen LogP contribution in [0.5, 0.6) is 5.75 Å². The number of hydrogen-bond acceptors (Lipinski definition) is 5. The van der Waals surface area contributed by atoms with E-state index in [1.54, 1.807) is 35.1 Å². The molecule has 0 spiro atoms. The van der Waals surface area contributed by atoms with Crippen LogP contribution in [0.3, 0.4) is 0 Å². The first-order chi connectivity index (χ1) is 11.7. The van der Waals surface area contributed by atoms with Crippen LogP contribution in [0, 0.1) is 0 Å². The smallest absolute Gasteiger partial charge is 0.273 e. The van der Waals surface area contributed by atoms with Crippen molar-refractivity contribution in [3.63, 3.8) is 0 Å². The highest BCUT2D eigenvalue weighted by Gasteiger charge is 2.18. The van der Waals surface area contributed by atoms with E-state index in [2.05, 4.69) is 20.9 Å². The normalized spacial score (nSPS) is 14.6. The van der Waals surface area contributed by atoms with Gasteiger partial charge in [-0.1, -0.05) is 16.8 Å².